The molecule has 0 saturated carbocycles. The Hall–Kier alpha value is -1.55. The second-order valence-corrected chi connectivity index (χ2v) is 4.16. The summed E-state index contributed by atoms with van der Waals surface area (Å²) in [5.41, 5.74) is 1.12. The van der Waals surface area contributed by atoms with Crippen molar-refractivity contribution in [3.8, 4) is 0 Å². The standard InChI is InChI=1S/C13H19N3O/c1-3-12(13-5-4-10-17-13)14-8-6-11-7-9-16(2)15-11/h4-5,7,9-10,12,14H,3,6,8H2,1-2H3. The Labute approximate surface area is 102 Å². The number of hydrogen-bond donors (Lipinski definition) is 1. The van der Waals surface area contributed by atoms with Crippen LogP contribution in [0, 0.1) is 0 Å². The van der Waals surface area contributed by atoms with Gasteiger partial charge in [-0.05, 0) is 24.6 Å². The van der Waals surface area contributed by atoms with Gasteiger partial charge >= 0.3 is 0 Å². The van der Waals surface area contributed by atoms with Crippen LogP contribution in [0.3, 0.4) is 0 Å². The van der Waals surface area contributed by atoms with Gasteiger partial charge in [-0.2, -0.15) is 5.10 Å². The van der Waals surface area contributed by atoms with Gasteiger partial charge in [0.15, 0.2) is 0 Å². The molecule has 0 aliphatic heterocycles. The van der Waals surface area contributed by atoms with Crippen molar-refractivity contribution in [1.29, 1.82) is 0 Å². The molecule has 0 amide bonds. The van der Waals surface area contributed by atoms with Gasteiger partial charge < -0.3 is 9.73 Å². The number of rotatable bonds is 6. The molecule has 1 atom stereocenters. The number of nitrogens with zero attached hydrogens (tertiary/aromatic N) is 2. The Bertz CT molecular complexity index is 433. The van der Waals surface area contributed by atoms with Crippen LogP contribution in [0.4, 0.5) is 0 Å². The SMILES string of the molecule is CCC(NCCc1ccn(C)n1)c1ccco1. The molecule has 0 bridgehead atoms. The van der Waals surface area contributed by atoms with Crippen molar-refractivity contribution in [2.45, 2.75) is 25.8 Å². The smallest absolute Gasteiger partial charge is 0.120 e. The Morgan fingerprint density at radius 2 is 2.35 bits per heavy atom. The van der Waals surface area contributed by atoms with Gasteiger partial charge in [-0.3, -0.25) is 4.68 Å². The average molecular weight is 233 g/mol. The fraction of sp³-hybridized carbons (Fsp3) is 0.462. The molecule has 0 aliphatic carbocycles. The van der Waals surface area contributed by atoms with E-state index >= 15 is 0 Å². The topological polar surface area (TPSA) is 43.0 Å². The van der Waals surface area contributed by atoms with Gasteiger partial charge in [-0.1, -0.05) is 6.92 Å². The molecule has 1 N–H and O–H groups in total. The van der Waals surface area contributed by atoms with E-state index in [9.17, 15) is 0 Å². The van der Waals surface area contributed by atoms with Crippen LogP contribution in [-0.2, 0) is 13.5 Å². The van der Waals surface area contributed by atoms with Crippen molar-refractivity contribution >= 4 is 0 Å². The fourth-order valence-electron chi connectivity index (χ4n) is 1.91. The van der Waals surface area contributed by atoms with Crippen molar-refractivity contribution in [3.63, 3.8) is 0 Å². The zero-order valence-corrected chi connectivity index (χ0v) is 10.4. The van der Waals surface area contributed by atoms with Crippen molar-refractivity contribution in [3.05, 3.63) is 42.1 Å². The summed E-state index contributed by atoms with van der Waals surface area (Å²) < 4.78 is 7.24. The summed E-state index contributed by atoms with van der Waals surface area (Å²) in [6, 6.07) is 6.30. The third kappa shape index (κ3) is 3.20. The van der Waals surface area contributed by atoms with Gasteiger partial charge in [-0.25, -0.2) is 0 Å². The molecule has 0 saturated heterocycles. The molecule has 1 unspecified atom stereocenters. The van der Waals surface area contributed by atoms with Crippen molar-refractivity contribution in [1.82, 2.24) is 15.1 Å². The predicted octanol–water partition coefficient (Wildman–Crippen LogP) is 2.30. The highest BCUT2D eigenvalue weighted by Crippen LogP contribution is 2.16. The summed E-state index contributed by atoms with van der Waals surface area (Å²) in [5.74, 6) is 1.01. The third-order valence-electron chi connectivity index (χ3n) is 2.84. The first kappa shape index (κ1) is 11.9. The zero-order chi connectivity index (χ0) is 12.1. The summed E-state index contributed by atoms with van der Waals surface area (Å²) in [6.07, 6.45) is 5.66. The van der Waals surface area contributed by atoms with Crippen molar-refractivity contribution in [2.75, 3.05) is 6.54 Å². The highest BCUT2D eigenvalue weighted by Gasteiger charge is 2.10. The maximum absolute atomic E-state index is 5.41. The summed E-state index contributed by atoms with van der Waals surface area (Å²) in [5, 5.41) is 7.84. The van der Waals surface area contributed by atoms with Crippen LogP contribution in [-0.4, -0.2) is 16.3 Å². The van der Waals surface area contributed by atoms with E-state index in [-0.39, 0.29) is 0 Å². The molecule has 2 heterocycles. The second kappa shape index (κ2) is 5.68. The highest BCUT2D eigenvalue weighted by atomic mass is 16.3. The normalized spacial score (nSPS) is 12.8. The van der Waals surface area contributed by atoms with E-state index in [1.165, 1.54) is 0 Å². The first-order valence-electron chi connectivity index (χ1n) is 6.05. The van der Waals surface area contributed by atoms with E-state index in [1.807, 2.05) is 30.1 Å². The molecule has 0 spiro atoms. The number of nitrogens with one attached hydrogen (secondary N) is 1. The molecule has 0 aromatic carbocycles. The van der Waals surface area contributed by atoms with Crippen LogP contribution in [0.1, 0.15) is 30.8 Å². The van der Waals surface area contributed by atoms with Crippen LogP contribution in [0.25, 0.3) is 0 Å². The molecular weight excluding hydrogens is 214 g/mol. The molecule has 2 rings (SSSR count). The van der Waals surface area contributed by atoms with E-state index in [0.717, 1.165) is 30.8 Å². The van der Waals surface area contributed by atoms with Gasteiger partial charge in [-0.15, -0.1) is 0 Å². The minimum absolute atomic E-state index is 0.300. The molecule has 0 radical (unpaired) electrons. The Balaban J connectivity index is 1.81. The summed E-state index contributed by atoms with van der Waals surface area (Å²) in [4.78, 5) is 0. The van der Waals surface area contributed by atoms with Gasteiger partial charge in [0.1, 0.15) is 5.76 Å². The number of aryl methyl sites for hydroxylation is 1. The maximum Gasteiger partial charge on any atom is 0.120 e. The van der Waals surface area contributed by atoms with E-state index in [2.05, 4.69) is 23.4 Å². The Kier molecular flexibility index (Phi) is 3.98. The minimum atomic E-state index is 0.300. The molecule has 4 nitrogen and oxygen atoms in total. The molecule has 0 aliphatic rings. The van der Waals surface area contributed by atoms with Gasteiger partial charge in [0.25, 0.3) is 0 Å². The maximum atomic E-state index is 5.41. The van der Waals surface area contributed by atoms with Crippen LogP contribution in [0.2, 0.25) is 0 Å². The Morgan fingerprint density at radius 3 is 2.94 bits per heavy atom. The van der Waals surface area contributed by atoms with Gasteiger partial charge in [0.2, 0.25) is 0 Å². The lowest BCUT2D eigenvalue weighted by molar-refractivity contribution is 0.405. The molecule has 4 heteroatoms. The van der Waals surface area contributed by atoms with Crippen molar-refractivity contribution in [2.24, 2.45) is 7.05 Å². The van der Waals surface area contributed by atoms with Gasteiger partial charge in [0.05, 0.1) is 18.0 Å². The third-order valence-corrected chi connectivity index (χ3v) is 2.84. The summed E-state index contributed by atoms with van der Waals surface area (Å²) in [6.45, 7) is 3.07. The molecule has 92 valence electrons. The lowest BCUT2D eigenvalue weighted by Gasteiger charge is -2.13. The van der Waals surface area contributed by atoms with Gasteiger partial charge in [0, 0.05) is 26.2 Å². The van der Waals surface area contributed by atoms with E-state index in [1.54, 1.807) is 6.26 Å². The molecule has 2 aromatic heterocycles. The monoisotopic (exact) mass is 233 g/mol. The fourth-order valence-corrected chi connectivity index (χ4v) is 1.91. The Morgan fingerprint density at radius 1 is 1.47 bits per heavy atom. The van der Waals surface area contributed by atoms with Crippen LogP contribution >= 0.6 is 0 Å². The number of furan rings is 1. The first-order valence-corrected chi connectivity index (χ1v) is 6.05. The number of aromatic nitrogens is 2. The summed E-state index contributed by atoms with van der Waals surface area (Å²) >= 11 is 0. The zero-order valence-electron chi connectivity index (χ0n) is 10.4. The largest absolute Gasteiger partial charge is 0.468 e. The van der Waals surface area contributed by atoms with Crippen LogP contribution in [0.15, 0.2) is 35.1 Å². The quantitative estimate of drug-likeness (QED) is 0.832. The van der Waals surface area contributed by atoms with E-state index in [0.29, 0.717) is 6.04 Å². The molecule has 17 heavy (non-hydrogen) atoms. The second-order valence-electron chi connectivity index (χ2n) is 4.16. The minimum Gasteiger partial charge on any atom is -0.468 e. The number of hydrogen-bond acceptors (Lipinski definition) is 3. The van der Waals surface area contributed by atoms with Crippen LogP contribution < -0.4 is 5.32 Å². The molecule has 2 aromatic rings. The lowest BCUT2D eigenvalue weighted by atomic mass is 10.1. The average Bonchev–Trinajstić information content (AvgIpc) is 2.96. The van der Waals surface area contributed by atoms with E-state index < -0.39 is 0 Å². The van der Waals surface area contributed by atoms with Crippen molar-refractivity contribution < 1.29 is 4.42 Å². The lowest BCUT2D eigenvalue weighted by Crippen LogP contribution is -2.23. The predicted molar refractivity (Wildman–Crippen MR) is 66.7 cm³/mol. The van der Waals surface area contributed by atoms with Crippen LogP contribution in [0.5, 0.6) is 0 Å². The molecule has 0 fully saturated rings. The first-order chi connectivity index (χ1) is 8.29. The molecular formula is C13H19N3O. The van der Waals surface area contributed by atoms with E-state index in [4.69, 9.17) is 4.42 Å². The highest BCUT2D eigenvalue weighted by molar-refractivity contribution is 5.04. The summed E-state index contributed by atoms with van der Waals surface area (Å²) in [7, 11) is 1.94.